The molecule has 4 rings (SSSR count). The van der Waals surface area contributed by atoms with Gasteiger partial charge in [0.1, 0.15) is 11.4 Å². The van der Waals surface area contributed by atoms with Crippen LogP contribution >= 0.6 is 0 Å². The first kappa shape index (κ1) is 13.1. The molecule has 3 heteroatoms. The number of nitrogens with zero attached hydrogens (tertiary/aromatic N) is 2. The quantitative estimate of drug-likeness (QED) is 0.479. The van der Waals surface area contributed by atoms with E-state index in [2.05, 4.69) is 48.4 Å². The van der Waals surface area contributed by atoms with Gasteiger partial charge < -0.3 is 5.11 Å². The van der Waals surface area contributed by atoms with Gasteiger partial charge in [0, 0.05) is 23.2 Å². The van der Waals surface area contributed by atoms with Gasteiger partial charge >= 0.3 is 0 Å². The molecule has 3 nitrogen and oxygen atoms in total. The lowest BCUT2D eigenvalue weighted by atomic mass is 9.86. The highest BCUT2D eigenvalue weighted by Gasteiger charge is 2.16. The van der Waals surface area contributed by atoms with Crippen molar-refractivity contribution in [1.82, 2.24) is 9.38 Å². The van der Waals surface area contributed by atoms with Crippen LogP contribution in [0.2, 0.25) is 0 Å². The second-order valence-electron chi connectivity index (χ2n) is 6.83. The lowest BCUT2D eigenvalue weighted by Gasteiger charge is -2.20. The van der Waals surface area contributed by atoms with E-state index < -0.39 is 0 Å². The Labute approximate surface area is 128 Å². The van der Waals surface area contributed by atoms with Crippen molar-refractivity contribution in [3.8, 4) is 5.75 Å². The van der Waals surface area contributed by atoms with E-state index in [4.69, 9.17) is 0 Å². The van der Waals surface area contributed by atoms with Crippen LogP contribution in [0.3, 0.4) is 0 Å². The van der Waals surface area contributed by atoms with Crippen LogP contribution in [0.1, 0.15) is 26.3 Å². The van der Waals surface area contributed by atoms with Gasteiger partial charge in [0.15, 0.2) is 0 Å². The predicted octanol–water partition coefficient (Wildman–Crippen LogP) is 4.64. The molecule has 0 bridgehead atoms. The summed E-state index contributed by atoms with van der Waals surface area (Å²) in [5, 5.41) is 13.1. The third kappa shape index (κ3) is 1.78. The number of aromatic nitrogens is 2. The number of rotatable bonds is 0. The third-order valence-electron chi connectivity index (χ3n) is 4.30. The Morgan fingerprint density at radius 1 is 0.955 bits per heavy atom. The van der Waals surface area contributed by atoms with Gasteiger partial charge in [-0.2, -0.15) is 0 Å². The molecule has 1 N–H and O–H groups in total. The zero-order valence-electron chi connectivity index (χ0n) is 13.0. The van der Waals surface area contributed by atoms with Crippen LogP contribution in [0.4, 0.5) is 0 Å². The number of hydrogen-bond acceptors (Lipinski definition) is 2. The normalized spacial score (nSPS) is 12.5. The fourth-order valence-electron chi connectivity index (χ4n) is 3.08. The van der Waals surface area contributed by atoms with Crippen LogP contribution in [0, 0.1) is 0 Å². The summed E-state index contributed by atoms with van der Waals surface area (Å²) < 4.78 is 2.09. The molecule has 0 spiro atoms. The van der Waals surface area contributed by atoms with Crippen molar-refractivity contribution in [2.45, 2.75) is 26.2 Å². The Kier molecular flexibility index (Phi) is 2.52. The highest BCUT2D eigenvalue weighted by molar-refractivity contribution is 6.12. The first-order chi connectivity index (χ1) is 10.4. The molecule has 0 atom stereocenters. The van der Waals surface area contributed by atoms with Crippen LogP contribution < -0.4 is 0 Å². The van der Waals surface area contributed by atoms with E-state index in [9.17, 15) is 5.11 Å². The van der Waals surface area contributed by atoms with E-state index in [0.29, 0.717) is 0 Å². The first-order valence-corrected chi connectivity index (χ1v) is 7.47. The first-order valence-electron chi connectivity index (χ1n) is 7.47. The summed E-state index contributed by atoms with van der Waals surface area (Å²) in [5.74, 6) is 0.267. The number of pyridine rings is 1. The van der Waals surface area contributed by atoms with Gasteiger partial charge in [0.05, 0.1) is 5.52 Å². The van der Waals surface area contributed by atoms with Crippen LogP contribution in [0.5, 0.6) is 5.75 Å². The maximum Gasteiger partial charge on any atom is 0.145 e. The van der Waals surface area contributed by atoms with Gasteiger partial charge in [0.25, 0.3) is 0 Å². The summed E-state index contributed by atoms with van der Waals surface area (Å²) in [7, 11) is 0. The molecule has 2 aromatic carbocycles. The fraction of sp³-hybridized carbons (Fsp3) is 0.211. The molecule has 4 aromatic rings. The number of hydrogen-bond donors (Lipinski definition) is 1. The highest BCUT2D eigenvalue weighted by atomic mass is 16.3. The SMILES string of the molecule is CC(C)(C)c1ccc2c(c1)c1ccc(O)cc1c1nccn21. The summed E-state index contributed by atoms with van der Waals surface area (Å²) >= 11 is 0. The number of benzene rings is 2. The maximum atomic E-state index is 9.85. The molecule has 2 heterocycles. The smallest absolute Gasteiger partial charge is 0.145 e. The van der Waals surface area contributed by atoms with Gasteiger partial charge in [-0.25, -0.2) is 4.98 Å². The van der Waals surface area contributed by atoms with E-state index in [0.717, 1.165) is 21.9 Å². The second kappa shape index (κ2) is 4.23. The lowest BCUT2D eigenvalue weighted by Crippen LogP contribution is -2.10. The standard InChI is InChI=1S/C19H18N2O/c1-19(2,3)12-4-7-17-15(10-12)14-6-5-13(22)11-16(14)18-20-8-9-21(17)18/h4-11,22H,1-3H3. The van der Waals surface area contributed by atoms with Gasteiger partial charge in [-0.05, 0) is 46.7 Å². The minimum atomic E-state index is 0.0985. The summed E-state index contributed by atoms with van der Waals surface area (Å²) in [6, 6.07) is 12.1. The van der Waals surface area contributed by atoms with Crippen LogP contribution in [-0.4, -0.2) is 14.5 Å². The molecule has 0 aliphatic rings. The molecule has 0 fully saturated rings. The average molecular weight is 290 g/mol. The Balaban J connectivity index is 2.26. The molecular weight excluding hydrogens is 272 g/mol. The molecular formula is C19H18N2O. The Bertz CT molecular complexity index is 1020. The molecule has 0 aliphatic heterocycles. The molecule has 0 radical (unpaired) electrons. The topological polar surface area (TPSA) is 37.5 Å². The van der Waals surface area contributed by atoms with E-state index in [-0.39, 0.29) is 11.2 Å². The molecule has 0 saturated heterocycles. The van der Waals surface area contributed by atoms with E-state index >= 15 is 0 Å². The zero-order valence-corrected chi connectivity index (χ0v) is 13.0. The average Bonchev–Trinajstić information content (AvgIpc) is 2.95. The summed E-state index contributed by atoms with van der Waals surface area (Å²) in [5.41, 5.74) is 3.41. The number of imidazole rings is 1. The second-order valence-corrected chi connectivity index (χ2v) is 6.83. The number of phenols is 1. The van der Waals surface area contributed by atoms with E-state index in [1.165, 1.54) is 10.9 Å². The number of phenolic OH excluding ortho intramolecular Hbond substituents is 1. The van der Waals surface area contributed by atoms with Crippen LogP contribution in [0.25, 0.3) is 27.3 Å². The zero-order chi connectivity index (χ0) is 15.5. The lowest BCUT2D eigenvalue weighted by molar-refractivity contribution is 0.476. The summed E-state index contributed by atoms with van der Waals surface area (Å²) in [6.07, 6.45) is 3.77. The van der Waals surface area contributed by atoms with Crippen molar-refractivity contribution in [2.24, 2.45) is 0 Å². The predicted molar refractivity (Wildman–Crippen MR) is 90.6 cm³/mol. The molecule has 2 aromatic heterocycles. The highest BCUT2D eigenvalue weighted by Crippen LogP contribution is 2.34. The molecule has 0 aliphatic carbocycles. The van der Waals surface area contributed by atoms with Crippen molar-refractivity contribution >= 4 is 27.3 Å². The Morgan fingerprint density at radius 3 is 2.55 bits per heavy atom. The van der Waals surface area contributed by atoms with Gasteiger partial charge in [0.2, 0.25) is 0 Å². The van der Waals surface area contributed by atoms with Crippen molar-refractivity contribution in [2.75, 3.05) is 0 Å². The van der Waals surface area contributed by atoms with Crippen molar-refractivity contribution in [3.05, 3.63) is 54.4 Å². The molecule has 110 valence electrons. The third-order valence-corrected chi connectivity index (χ3v) is 4.30. The van der Waals surface area contributed by atoms with Crippen LogP contribution in [-0.2, 0) is 5.41 Å². The van der Waals surface area contributed by atoms with Crippen LogP contribution in [0.15, 0.2) is 48.8 Å². The minimum Gasteiger partial charge on any atom is -0.508 e. The monoisotopic (exact) mass is 290 g/mol. The van der Waals surface area contributed by atoms with Gasteiger partial charge in [-0.3, -0.25) is 4.40 Å². The van der Waals surface area contributed by atoms with Crippen molar-refractivity contribution in [1.29, 1.82) is 0 Å². The maximum absolute atomic E-state index is 9.85. The Morgan fingerprint density at radius 2 is 1.77 bits per heavy atom. The largest absolute Gasteiger partial charge is 0.508 e. The number of aromatic hydroxyl groups is 1. The van der Waals surface area contributed by atoms with Gasteiger partial charge in [-0.1, -0.05) is 26.8 Å². The van der Waals surface area contributed by atoms with Crippen molar-refractivity contribution < 1.29 is 5.11 Å². The molecule has 0 amide bonds. The Hall–Kier alpha value is -2.55. The fourth-order valence-corrected chi connectivity index (χ4v) is 3.08. The van der Waals surface area contributed by atoms with Gasteiger partial charge in [-0.15, -0.1) is 0 Å². The molecule has 0 saturated carbocycles. The van der Waals surface area contributed by atoms with E-state index in [1.54, 1.807) is 18.3 Å². The summed E-state index contributed by atoms with van der Waals surface area (Å²) in [6.45, 7) is 6.66. The van der Waals surface area contributed by atoms with Crippen molar-refractivity contribution in [3.63, 3.8) is 0 Å². The molecule has 22 heavy (non-hydrogen) atoms. The van der Waals surface area contributed by atoms with E-state index in [1.807, 2.05) is 12.3 Å². The minimum absolute atomic E-state index is 0.0985. The molecule has 0 unspecified atom stereocenters. The number of fused-ring (bicyclic) bond motifs is 6. The summed E-state index contributed by atoms with van der Waals surface area (Å²) in [4.78, 5) is 4.46.